The van der Waals surface area contributed by atoms with Gasteiger partial charge in [-0.15, -0.1) is 0 Å². The van der Waals surface area contributed by atoms with Gasteiger partial charge in [0, 0.05) is 26.2 Å². The van der Waals surface area contributed by atoms with Crippen molar-refractivity contribution >= 4 is 17.3 Å². The second-order valence-corrected chi connectivity index (χ2v) is 5.23. The predicted octanol–water partition coefficient (Wildman–Crippen LogP) is 1.09. The van der Waals surface area contributed by atoms with Crippen molar-refractivity contribution in [3.63, 3.8) is 0 Å². The monoisotopic (exact) mass is 284 g/mol. The molecule has 0 radical (unpaired) electrons. The van der Waals surface area contributed by atoms with Crippen LogP contribution in [-0.4, -0.2) is 15.0 Å². The molecule has 1 N–H and O–H groups in total. The molecule has 0 spiro atoms. The SMILES string of the molecule is Cc1ccc(NC2=Nc3c(c(=O)n(C)c(=O)n3C)C2)cc1. The van der Waals surface area contributed by atoms with Crippen LogP contribution in [0.4, 0.5) is 11.5 Å². The summed E-state index contributed by atoms with van der Waals surface area (Å²) >= 11 is 0. The zero-order valence-corrected chi connectivity index (χ0v) is 12.2. The number of benzene rings is 1. The Morgan fingerprint density at radius 3 is 2.43 bits per heavy atom. The number of fused-ring (bicyclic) bond motifs is 1. The molecule has 0 bridgehead atoms. The van der Waals surface area contributed by atoms with Crippen molar-refractivity contribution in [2.75, 3.05) is 5.32 Å². The highest BCUT2D eigenvalue weighted by molar-refractivity contribution is 6.01. The van der Waals surface area contributed by atoms with Crippen LogP contribution in [0, 0.1) is 6.92 Å². The van der Waals surface area contributed by atoms with Crippen LogP contribution in [0.5, 0.6) is 0 Å². The molecule has 108 valence electrons. The van der Waals surface area contributed by atoms with Gasteiger partial charge in [0.05, 0.1) is 5.56 Å². The van der Waals surface area contributed by atoms with Crippen LogP contribution in [0.15, 0.2) is 38.8 Å². The second-order valence-electron chi connectivity index (χ2n) is 5.23. The molecule has 0 saturated heterocycles. The Kier molecular flexibility index (Phi) is 3.01. The Balaban J connectivity index is 1.98. The summed E-state index contributed by atoms with van der Waals surface area (Å²) in [5, 5.41) is 3.19. The van der Waals surface area contributed by atoms with Crippen molar-refractivity contribution in [3.8, 4) is 0 Å². The molecule has 2 heterocycles. The van der Waals surface area contributed by atoms with Crippen molar-refractivity contribution in [3.05, 3.63) is 56.2 Å². The van der Waals surface area contributed by atoms with Crippen LogP contribution in [0.25, 0.3) is 0 Å². The number of nitrogens with zero attached hydrogens (tertiary/aromatic N) is 3. The van der Waals surface area contributed by atoms with Crippen molar-refractivity contribution in [2.45, 2.75) is 13.3 Å². The lowest BCUT2D eigenvalue weighted by atomic mass is 10.2. The van der Waals surface area contributed by atoms with E-state index in [1.54, 1.807) is 7.05 Å². The highest BCUT2D eigenvalue weighted by Gasteiger charge is 2.22. The molecule has 0 unspecified atom stereocenters. The average Bonchev–Trinajstić information content (AvgIpc) is 2.89. The minimum absolute atomic E-state index is 0.280. The summed E-state index contributed by atoms with van der Waals surface area (Å²) in [7, 11) is 3.11. The molecular weight excluding hydrogens is 268 g/mol. The van der Waals surface area contributed by atoms with Gasteiger partial charge in [-0.05, 0) is 19.1 Å². The van der Waals surface area contributed by atoms with Crippen LogP contribution in [0.3, 0.4) is 0 Å². The Morgan fingerprint density at radius 2 is 1.76 bits per heavy atom. The van der Waals surface area contributed by atoms with Gasteiger partial charge >= 0.3 is 5.69 Å². The van der Waals surface area contributed by atoms with Gasteiger partial charge in [0.2, 0.25) is 0 Å². The minimum atomic E-state index is -0.362. The molecule has 1 aromatic carbocycles. The maximum Gasteiger partial charge on any atom is 0.332 e. The zero-order chi connectivity index (χ0) is 15.1. The standard InChI is InChI=1S/C15H16N4O2/c1-9-4-6-10(7-5-9)16-12-8-11-13(17-12)18(2)15(21)19(3)14(11)20/h4-7H,8H2,1-3H3,(H,16,17). The van der Waals surface area contributed by atoms with E-state index < -0.39 is 0 Å². The summed E-state index contributed by atoms with van der Waals surface area (Å²) < 4.78 is 2.52. The first-order valence-electron chi connectivity index (χ1n) is 6.67. The van der Waals surface area contributed by atoms with E-state index in [1.165, 1.54) is 17.2 Å². The third-order valence-corrected chi connectivity index (χ3v) is 3.65. The second kappa shape index (κ2) is 4.73. The normalized spacial score (nSPS) is 13.0. The summed E-state index contributed by atoms with van der Waals surface area (Å²) in [5.41, 5.74) is 1.99. The molecule has 1 aliphatic rings. The number of aliphatic imine (C=N–C) groups is 1. The fourth-order valence-electron chi connectivity index (χ4n) is 2.41. The molecule has 6 heteroatoms. The summed E-state index contributed by atoms with van der Waals surface area (Å²) in [6, 6.07) is 7.91. The van der Waals surface area contributed by atoms with E-state index in [0.717, 1.165) is 10.3 Å². The zero-order valence-electron chi connectivity index (χ0n) is 12.2. The number of aryl methyl sites for hydroxylation is 1. The van der Waals surface area contributed by atoms with Crippen LogP contribution >= 0.6 is 0 Å². The molecule has 0 saturated carbocycles. The average molecular weight is 284 g/mol. The van der Waals surface area contributed by atoms with Gasteiger partial charge in [0.25, 0.3) is 5.56 Å². The molecule has 3 rings (SSSR count). The maximum absolute atomic E-state index is 12.1. The summed E-state index contributed by atoms with van der Waals surface area (Å²) in [6.45, 7) is 2.02. The lowest BCUT2D eigenvalue weighted by Crippen LogP contribution is -2.38. The third kappa shape index (κ3) is 2.18. The molecule has 6 nitrogen and oxygen atoms in total. The van der Waals surface area contributed by atoms with Gasteiger partial charge in [-0.25, -0.2) is 9.79 Å². The fraction of sp³-hybridized carbons (Fsp3) is 0.267. The highest BCUT2D eigenvalue weighted by Crippen LogP contribution is 2.22. The Hall–Kier alpha value is -2.63. The molecule has 2 aromatic rings. The van der Waals surface area contributed by atoms with Crippen LogP contribution in [-0.2, 0) is 20.5 Å². The van der Waals surface area contributed by atoms with E-state index in [4.69, 9.17) is 0 Å². The van der Waals surface area contributed by atoms with Crippen LogP contribution < -0.4 is 16.6 Å². The summed E-state index contributed by atoms with van der Waals surface area (Å²) in [6.07, 6.45) is 0.407. The quantitative estimate of drug-likeness (QED) is 0.852. The van der Waals surface area contributed by atoms with Gasteiger partial charge in [0.15, 0.2) is 0 Å². The van der Waals surface area contributed by atoms with E-state index in [9.17, 15) is 9.59 Å². The van der Waals surface area contributed by atoms with Crippen molar-refractivity contribution in [1.29, 1.82) is 0 Å². The van der Waals surface area contributed by atoms with E-state index in [1.807, 2.05) is 31.2 Å². The van der Waals surface area contributed by atoms with Gasteiger partial charge in [-0.1, -0.05) is 17.7 Å². The van der Waals surface area contributed by atoms with Gasteiger partial charge in [-0.3, -0.25) is 13.9 Å². The smallest absolute Gasteiger partial charge is 0.332 e. The molecule has 0 fully saturated rings. The number of nitrogens with one attached hydrogen (secondary N) is 1. The summed E-state index contributed by atoms with van der Waals surface area (Å²) in [5.74, 6) is 1.12. The fourth-order valence-corrected chi connectivity index (χ4v) is 2.41. The summed E-state index contributed by atoms with van der Waals surface area (Å²) in [4.78, 5) is 28.4. The topological polar surface area (TPSA) is 68.4 Å². The number of hydrogen-bond acceptors (Lipinski definition) is 4. The Bertz CT molecular complexity index is 857. The minimum Gasteiger partial charge on any atom is -0.343 e. The maximum atomic E-state index is 12.1. The molecule has 1 aromatic heterocycles. The lowest BCUT2D eigenvalue weighted by Gasteiger charge is -2.05. The van der Waals surface area contributed by atoms with Gasteiger partial charge < -0.3 is 5.32 Å². The number of aromatic nitrogens is 2. The third-order valence-electron chi connectivity index (χ3n) is 3.65. The predicted molar refractivity (Wildman–Crippen MR) is 82.5 cm³/mol. The molecule has 1 aliphatic heterocycles. The number of amidine groups is 1. The number of anilines is 1. The largest absolute Gasteiger partial charge is 0.343 e. The van der Waals surface area contributed by atoms with E-state index in [-0.39, 0.29) is 11.2 Å². The first kappa shape index (κ1) is 13.4. The van der Waals surface area contributed by atoms with Gasteiger partial charge in [0.1, 0.15) is 11.7 Å². The number of rotatable bonds is 1. The molecule has 0 aliphatic carbocycles. The first-order chi connectivity index (χ1) is 9.97. The lowest BCUT2D eigenvalue weighted by molar-refractivity contribution is 0.682. The van der Waals surface area contributed by atoms with Gasteiger partial charge in [-0.2, -0.15) is 0 Å². The molecular formula is C15H16N4O2. The van der Waals surface area contributed by atoms with Crippen molar-refractivity contribution < 1.29 is 0 Å². The van der Waals surface area contributed by atoms with E-state index in [2.05, 4.69) is 10.3 Å². The Morgan fingerprint density at radius 1 is 1.10 bits per heavy atom. The Labute approximate surface area is 121 Å². The molecule has 0 amide bonds. The number of hydrogen-bond donors (Lipinski definition) is 1. The van der Waals surface area contributed by atoms with E-state index in [0.29, 0.717) is 23.6 Å². The first-order valence-corrected chi connectivity index (χ1v) is 6.67. The molecule has 21 heavy (non-hydrogen) atoms. The van der Waals surface area contributed by atoms with E-state index >= 15 is 0 Å². The van der Waals surface area contributed by atoms with Crippen LogP contribution in [0.2, 0.25) is 0 Å². The van der Waals surface area contributed by atoms with Crippen molar-refractivity contribution in [2.24, 2.45) is 19.1 Å². The van der Waals surface area contributed by atoms with Crippen molar-refractivity contribution in [1.82, 2.24) is 9.13 Å². The molecule has 0 atom stereocenters. The highest BCUT2D eigenvalue weighted by atomic mass is 16.2. The van der Waals surface area contributed by atoms with Crippen LogP contribution in [0.1, 0.15) is 11.1 Å².